The summed E-state index contributed by atoms with van der Waals surface area (Å²) in [7, 11) is -2.11. The lowest BCUT2D eigenvalue weighted by Crippen LogP contribution is -2.18. The molecule has 0 fully saturated rings. The highest BCUT2D eigenvalue weighted by Gasteiger charge is 2.30. The van der Waals surface area contributed by atoms with Crippen LogP contribution >= 0.6 is 0 Å². The van der Waals surface area contributed by atoms with Crippen LogP contribution in [0.1, 0.15) is 28.4 Å². The van der Waals surface area contributed by atoms with E-state index in [2.05, 4.69) is 0 Å². The number of nitrogens with two attached hydrogens (primary N) is 1. The average molecular weight is 413 g/mol. The Labute approximate surface area is 168 Å². The Bertz CT molecular complexity index is 1210. The van der Waals surface area contributed by atoms with Gasteiger partial charge in [0, 0.05) is 5.56 Å². The van der Waals surface area contributed by atoms with E-state index >= 15 is 0 Å². The Kier molecular flexibility index (Phi) is 4.80. The standard InChI is InChI=1S/C22H20FNO4S/c1-13-8-19(27-2)21-17-7-6-14(12-29(24,25)26)10-18(17)22(28-20(21)9-13)15-4-3-5-16(23)11-15/h3-11,22H,12H2,1-2H3,(H2,24,25,26). The van der Waals surface area contributed by atoms with Gasteiger partial charge in [-0.3, -0.25) is 0 Å². The summed E-state index contributed by atoms with van der Waals surface area (Å²) in [5, 5.41) is 5.22. The van der Waals surface area contributed by atoms with Crippen molar-refractivity contribution in [1.29, 1.82) is 0 Å². The summed E-state index contributed by atoms with van der Waals surface area (Å²) in [5.41, 5.74) is 4.48. The summed E-state index contributed by atoms with van der Waals surface area (Å²) in [5.74, 6) is 0.607. The Morgan fingerprint density at radius 1 is 1.14 bits per heavy atom. The van der Waals surface area contributed by atoms with Crippen LogP contribution in [0, 0.1) is 12.7 Å². The molecule has 0 spiro atoms. The van der Waals surface area contributed by atoms with Gasteiger partial charge in [0.2, 0.25) is 10.0 Å². The number of aryl methyl sites for hydroxylation is 1. The van der Waals surface area contributed by atoms with Crippen LogP contribution in [0.15, 0.2) is 54.6 Å². The van der Waals surface area contributed by atoms with E-state index in [0.29, 0.717) is 22.6 Å². The first-order valence-electron chi connectivity index (χ1n) is 8.99. The summed E-state index contributed by atoms with van der Waals surface area (Å²) >= 11 is 0. The molecule has 1 unspecified atom stereocenters. The molecule has 7 heteroatoms. The molecular formula is C22H20FNO4S. The van der Waals surface area contributed by atoms with Gasteiger partial charge >= 0.3 is 0 Å². The van der Waals surface area contributed by atoms with Crippen molar-refractivity contribution in [2.45, 2.75) is 18.8 Å². The van der Waals surface area contributed by atoms with Crippen molar-refractivity contribution >= 4 is 10.0 Å². The van der Waals surface area contributed by atoms with Gasteiger partial charge in [-0.05, 0) is 53.4 Å². The van der Waals surface area contributed by atoms with E-state index in [-0.39, 0.29) is 11.6 Å². The number of halogens is 1. The molecule has 2 N–H and O–H groups in total. The van der Waals surface area contributed by atoms with Gasteiger partial charge < -0.3 is 9.47 Å². The Balaban J connectivity index is 1.95. The van der Waals surface area contributed by atoms with Gasteiger partial charge in [0.15, 0.2) is 0 Å². The predicted octanol–water partition coefficient (Wildman–Crippen LogP) is 4.08. The maximum atomic E-state index is 13.9. The highest BCUT2D eigenvalue weighted by Crippen LogP contribution is 2.49. The SMILES string of the molecule is COc1cc(C)cc2c1-c1ccc(CS(N)(=O)=O)cc1C(c1cccc(F)c1)O2. The first-order valence-corrected chi connectivity index (χ1v) is 10.7. The molecule has 0 aliphatic carbocycles. The van der Waals surface area contributed by atoms with Gasteiger partial charge in [0.1, 0.15) is 23.4 Å². The number of primary sulfonamides is 1. The third-order valence-corrected chi connectivity index (χ3v) is 5.60. The fraction of sp³-hybridized carbons (Fsp3) is 0.182. The van der Waals surface area contributed by atoms with Crippen molar-refractivity contribution in [3.8, 4) is 22.6 Å². The van der Waals surface area contributed by atoms with Crippen LogP contribution in [0.3, 0.4) is 0 Å². The van der Waals surface area contributed by atoms with Crippen LogP contribution in [0.5, 0.6) is 11.5 Å². The average Bonchev–Trinajstić information content (AvgIpc) is 2.65. The van der Waals surface area contributed by atoms with Crippen molar-refractivity contribution in [3.05, 3.63) is 82.7 Å². The first-order chi connectivity index (χ1) is 13.7. The molecule has 3 aromatic carbocycles. The van der Waals surface area contributed by atoms with E-state index in [4.69, 9.17) is 14.6 Å². The Morgan fingerprint density at radius 2 is 1.93 bits per heavy atom. The normalized spacial score (nSPS) is 15.2. The van der Waals surface area contributed by atoms with Crippen LogP contribution in [-0.2, 0) is 15.8 Å². The quantitative estimate of drug-likeness (QED) is 0.699. The molecule has 1 heterocycles. The molecule has 0 saturated heterocycles. The largest absolute Gasteiger partial charge is 0.496 e. The number of fused-ring (bicyclic) bond motifs is 3. The zero-order valence-electron chi connectivity index (χ0n) is 16.0. The molecule has 0 aromatic heterocycles. The lowest BCUT2D eigenvalue weighted by Gasteiger charge is -2.31. The topological polar surface area (TPSA) is 78.6 Å². The third-order valence-electron chi connectivity index (χ3n) is 4.86. The van der Waals surface area contributed by atoms with E-state index in [1.807, 2.05) is 25.1 Å². The lowest BCUT2D eigenvalue weighted by atomic mass is 9.87. The van der Waals surface area contributed by atoms with Crippen molar-refractivity contribution in [2.75, 3.05) is 7.11 Å². The second-order valence-corrected chi connectivity index (χ2v) is 8.74. The summed E-state index contributed by atoms with van der Waals surface area (Å²) in [6.45, 7) is 1.94. The van der Waals surface area contributed by atoms with Crippen LogP contribution in [0.2, 0.25) is 0 Å². The monoisotopic (exact) mass is 413 g/mol. The van der Waals surface area contributed by atoms with Crippen LogP contribution in [0.25, 0.3) is 11.1 Å². The third kappa shape index (κ3) is 3.83. The van der Waals surface area contributed by atoms with E-state index in [0.717, 1.165) is 22.3 Å². The van der Waals surface area contributed by atoms with Crippen LogP contribution in [-0.4, -0.2) is 15.5 Å². The minimum absolute atomic E-state index is 0.298. The fourth-order valence-electron chi connectivity index (χ4n) is 3.73. The van der Waals surface area contributed by atoms with Crippen molar-refractivity contribution in [2.24, 2.45) is 5.14 Å². The van der Waals surface area contributed by atoms with Crippen molar-refractivity contribution in [3.63, 3.8) is 0 Å². The molecule has 1 aliphatic rings. The minimum Gasteiger partial charge on any atom is -0.496 e. The first kappa shape index (κ1) is 19.4. The Hall–Kier alpha value is -2.90. The number of benzene rings is 3. The van der Waals surface area contributed by atoms with Crippen molar-refractivity contribution < 1.29 is 22.3 Å². The second kappa shape index (κ2) is 7.17. The molecule has 150 valence electrons. The molecule has 5 nitrogen and oxygen atoms in total. The van der Waals surface area contributed by atoms with E-state index < -0.39 is 16.1 Å². The summed E-state index contributed by atoms with van der Waals surface area (Å²) in [6.07, 6.45) is -0.597. The van der Waals surface area contributed by atoms with Crippen LogP contribution in [0.4, 0.5) is 4.39 Å². The Morgan fingerprint density at radius 3 is 2.62 bits per heavy atom. The van der Waals surface area contributed by atoms with E-state index in [1.54, 1.807) is 31.4 Å². The molecule has 1 aliphatic heterocycles. The minimum atomic E-state index is -3.70. The maximum Gasteiger partial charge on any atom is 0.213 e. The van der Waals surface area contributed by atoms with Gasteiger partial charge in [-0.2, -0.15) is 0 Å². The lowest BCUT2D eigenvalue weighted by molar-refractivity contribution is 0.241. The van der Waals surface area contributed by atoms with E-state index in [9.17, 15) is 12.8 Å². The molecule has 3 aromatic rings. The number of sulfonamides is 1. The zero-order valence-corrected chi connectivity index (χ0v) is 16.8. The molecule has 1 atom stereocenters. The molecule has 29 heavy (non-hydrogen) atoms. The molecule has 0 radical (unpaired) electrons. The van der Waals surface area contributed by atoms with E-state index in [1.165, 1.54) is 12.1 Å². The van der Waals surface area contributed by atoms with Gasteiger partial charge in [0.25, 0.3) is 0 Å². The number of hydrogen-bond acceptors (Lipinski definition) is 4. The van der Waals surface area contributed by atoms with Crippen LogP contribution < -0.4 is 14.6 Å². The van der Waals surface area contributed by atoms with Crippen molar-refractivity contribution in [1.82, 2.24) is 0 Å². The second-order valence-electron chi connectivity index (χ2n) is 7.12. The number of hydrogen-bond donors (Lipinski definition) is 1. The van der Waals surface area contributed by atoms with Gasteiger partial charge in [-0.1, -0.05) is 30.3 Å². The molecule has 4 rings (SSSR count). The maximum absolute atomic E-state index is 13.9. The molecule has 0 saturated carbocycles. The van der Waals surface area contributed by atoms with Gasteiger partial charge in [-0.15, -0.1) is 0 Å². The number of rotatable bonds is 4. The molecular weight excluding hydrogens is 393 g/mol. The fourth-order valence-corrected chi connectivity index (χ4v) is 4.37. The zero-order chi connectivity index (χ0) is 20.8. The molecule has 0 bridgehead atoms. The predicted molar refractivity (Wildman–Crippen MR) is 109 cm³/mol. The molecule has 0 amide bonds. The summed E-state index contributed by atoms with van der Waals surface area (Å²) < 4.78 is 48.9. The highest BCUT2D eigenvalue weighted by molar-refractivity contribution is 7.88. The van der Waals surface area contributed by atoms with Gasteiger partial charge in [-0.25, -0.2) is 17.9 Å². The summed E-state index contributed by atoms with van der Waals surface area (Å²) in [4.78, 5) is 0. The van der Waals surface area contributed by atoms with Gasteiger partial charge in [0.05, 0.1) is 18.4 Å². The number of ether oxygens (including phenoxy) is 2. The number of methoxy groups -OCH3 is 1. The summed E-state index contributed by atoms with van der Waals surface area (Å²) in [6, 6.07) is 15.3. The smallest absolute Gasteiger partial charge is 0.213 e. The highest BCUT2D eigenvalue weighted by atomic mass is 32.2.